The van der Waals surface area contributed by atoms with E-state index >= 15 is 0 Å². The van der Waals surface area contributed by atoms with E-state index in [1.165, 1.54) is 6.42 Å². The van der Waals surface area contributed by atoms with Gasteiger partial charge in [0.25, 0.3) is 0 Å². The van der Waals surface area contributed by atoms with Crippen molar-refractivity contribution < 1.29 is 10.2 Å². The number of aromatic nitrogens is 3. The fourth-order valence-corrected chi connectivity index (χ4v) is 2.58. The molecule has 1 fully saturated rings. The number of phenols is 1. The van der Waals surface area contributed by atoms with Crippen molar-refractivity contribution in [2.24, 2.45) is 0 Å². The number of aliphatic hydroxyl groups is 1. The number of aromatic amines is 1. The smallest absolute Gasteiger partial charge is 0.181 e. The first-order valence-electron chi connectivity index (χ1n) is 6.62. The highest BCUT2D eigenvalue weighted by atomic mass is 16.3. The van der Waals surface area contributed by atoms with Gasteiger partial charge in [0, 0.05) is 5.56 Å². The summed E-state index contributed by atoms with van der Waals surface area (Å²) in [7, 11) is 0. The van der Waals surface area contributed by atoms with Crippen LogP contribution in [-0.4, -0.2) is 25.4 Å². The predicted molar refractivity (Wildman–Crippen MR) is 70.5 cm³/mol. The first-order valence-corrected chi connectivity index (χ1v) is 6.62. The average molecular weight is 259 g/mol. The highest BCUT2D eigenvalue weighted by molar-refractivity contribution is 5.55. The molecular weight excluding hydrogens is 242 g/mol. The molecule has 100 valence electrons. The fraction of sp³-hybridized carbons (Fsp3) is 0.429. The Morgan fingerprint density at radius 1 is 1.05 bits per heavy atom. The van der Waals surface area contributed by atoms with Crippen LogP contribution in [0.1, 0.15) is 37.9 Å². The second-order valence-corrected chi connectivity index (χ2v) is 5.15. The lowest BCUT2D eigenvalue weighted by Gasteiger charge is -2.29. The van der Waals surface area contributed by atoms with Crippen LogP contribution in [0.2, 0.25) is 0 Å². The van der Waals surface area contributed by atoms with Crippen LogP contribution in [0.3, 0.4) is 0 Å². The van der Waals surface area contributed by atoms with Gasteiger partial charge >= 0.3 is 0 Å². The van der Waals surface area contributed by atoms with E-state index in [4.69, 9.17) is 0 Å². The van der Waals surface area contributed by atoms with E-state index < -0.39 is 5.60 Å². The minimum atomic E-state index is -0.861. The van der Waals surface area contributed by atoms with Gasteiger partial charge in [-0.1, -0.05) is 19.3 Å². The highest BCUT2D eigenvalue weighted by Gasteiger charge is 2.34. The highest BCUT2D eigenvalue weighted by Crippen LogP contribution is 2.35. The van der Waals surface area contributed by atoms with Crippen LogP contribution < -0.4 is 0 Å². The van der Waals surface area contributed by atoms with E-state index in [9.17, 15) is 10.2 Å². The molecular formula is C14H17N3O2. The lowest BCUT2D eigenvalue weighted by molar-refractivity contribution is -0.00856. The van der Waals surface area contributed by atoms with Crippen LogP contribution in [-0.2, 0) is 5.60 Å². The van der Waals surface area contributed by atoms with E-state index in [0.717, 1.165) is 31.2 Å². The van der Waals surface area contributed by atoms with Gasteiger partial charge in [-0.25, -0.2) is 4.98 Å². The van der Waals surface area contributed by atoms with Crippen molar-refractivity contribution >= 4 is 0 Å². The van der Waals surface area contributed by atoms with Crippen molar-refractivity contribution in [1.29, 1.82) is 0 Å². The number of rotatable bonds is 2. The van der Waals surface area contributed by atoms with Crippen LogP contribution in [0.5, 0.6) is 5.75 Å². The van der Waals surface area contributed by atoms with Gasteiger partial charge in [0.05, 0.1) is 0 Å². The zero-order chi connectivity index (χ0) is 13.3. The summed E-state index contributed by atoms with van der Waals surface area (Å²) < 4.78 is 0. The van der Waals surface area contributed by atoms with Crippen molar-refractivity contribution in [1.82, 2.24) is 15.2 Å². The van der Waals surface area contributed by atoms with Crippen molar-refractivity contribution in [3.63, 3.8) is 0 Å². The molecule has 1 saturated carbocycles. The van der Waals surface area contributed by atoms with Crippen molar-refractivity contribution in [3.8, 4) is 17.1 Å². The molecule has 1 aliphatic rings. The Kier molecular flexibility index (Phi) is 2.98. The number of phenolic OH excluding ortho intramolecular Hbond substituents is 1. The molecule has 0 amide bonds. The molecule has 19 heavy (non-hydrogen) atoms. The van der Waals surface area contributed by atoms with Gasteiger partial charge in [-0.05, 0) is 37.1 Å². The first-order chi connectivity index (χ1) is 9.17. The molecule has 2 aromatic rings. The van der Waals surface area contributed by atoms with Crippen LogP contribution in [0, 0.1) is 0 Å². The molecule has 0 spiro atoms. The number of nitrogens with zero attached hydrogens (tertiary/aromatic N) is 2. The summed E-state index contributed by atoms with van der Waals surface area (Å²) >= 11 is 0. The predicted octanol–water partition coefficient (Wildman–Crippen LogP) is 2.33. The largest absolute Gasteiger partial charge is 0.508 e. The second-order valence-electron chi connectivity index (χ2n) is 5.15. The zero-order valence-corrected chi connectivity index (χ0v) is 10.6. The molecule has 5 nitrogen and oxygen atoms in total. The Bertz CT molecular complexity index is 556. The molecule has 0 bridgehead atoms. The number of nitrogens with one attached hydrogen (secondary N) is 1. The number of hydrogen-bond donors (Lipinski definition) is 3. The molecule has 3 N–H and O–H groups in total. The van der Waals surface area contributed by atoms with E-state index in [-0.39, 0.29) is 5.75 Å². The average Bonchev–Trinajstić information content (AvgIpc) is 2.91. The standard InChI is InChI=1S/C14H17N3O2/c18-11-6-4-10(5-7-11)12-15-13(17-16-12)14(19)8-2-1-3-9-14/h4-7,18-19H,1-3,8-9H2,(H,15,16,17). The third-order valence-electron chi connectivity index (χ3n) is 3.73. The quantitative estimate of drug-likeness (QED) is 0.773. The summed E-state index contributed by atoms with van der Waals surface area (Å²) in [5, 5.41) is 26.9. The molecule has 0 aliphatic heterocycles. The third-order valence-corrected chi connectivity index (χ3v) is 3.73. The summed E-state index contributed by atoms with van der Waals surface area (Å²) in [6.07, 6.45) is 4.67. The van der Waals surface area contributed by atoms with Crippen molar-refractivity contribution in [2.45, 2.75) is 37.7 Å². The molecule has 0 unspecified atom stereocenters. The van der Waals surface area contributed by atoms with Gasteiger partial charge in [-0.15, -0.1) is 0 Å². The maximum Gasteiger partial charge on any atom is 0.181 e. The Balaban J connectivity index is 1.88. The minimum absolute atomic E-state index is 0.213. The van der Waals surface area contributed by atoms with Gasteiger partial charge in [-0.2, -0.15) is 5.10 Å². The Morgan fingerprint density at radius 3 is 2.42 bits per heavy atom. The van der Waals surface area contributed by atoms with Gasteiger partial charge in [0.2, 0.25) is 0 Å². The van der Waals surface area contributed by atoms with Gasteiger partial charge in [0.15, 0.2) is 11.6 Å². The molecule has 1 aromatic carbocycles. The zero-order valence-electron chi connectivity index (χ0n) is 10.6. The Labute approximate surface area is 111 Å². The number of hydrogen-bond acceptors (Lipinski definition) is 4. The van der Waals surface area contributed by atoms with Crippen LogP contribution in [0.15, 0.2) is 24.3 Å². The SMILES string of the molecule is Oc1ccc(-c2n[nH]c(C3(O)CCCCC3)n2)cc1. The Hall–Kier alpha value is -1.88. The molecule has 0 radical (unpaired) electrons. The van der Waals surface area contributed by atoms with Gasteiger partial charge < -0.3 is 10.2 Å². The van der Waals surface area contributed by atoms with E-state index in [1.807, 2.05) is 0 Å². The maximum absolute atomic E-state index is 10.6. The van der Waals surface area contributed by atoms with Crippen LogP contribution in [0.25, 0.3) is 11.4 Å². The molecule has 5 heteroatoms. The lowest BCUT2D eigenvalue weighted by atomic mass is 9.84. The Morgan fingerprint density at radius 2 is 1.74 bits per heavy atom. The summed E-state index contributed by atoms with van der Waals surface area (Å²) in [5.74, 6) is 1.31. The third kappa shape index (κ3) is 2.33. The molecule has 3 rings (SSSR count). The molecule has 1 aliphatic carbocycles. The minimum Gasteiger partial charge on any atom is -0.508 e. The van der Waals surface area contributed by atoms with Gasteiger partial charge in [-0.3, -0.25) is 5.10 Å². The number of aromatic hydroxyl groups is 1. The van der Waals surface area contributed by atoms with Crippen LogP contribution >= 0.6 is 0 Å². The van der Waals surface area contributed by atoms with E-state index in [0.29, 0.717) is 11.6 Å². The molecule has 1 heterocycles. The normalized spacial score (nSPS) is 18.4. The summed E-state index contributed by atoms with van der Waals surface area (Å²) in [6.45, 7) is 0. The van der Waals surface area contributed by atoms with Crippen LogP contribution in [0.4, 0.5) is 0 Å². The van der Waals surface area contributed by atoms with E-state index in [2.05, 4.69) is 15.2 Å². The lowest BCUT2D eigenvalue weighted by Crippen LogP contribution is -2.29. The summed E-state index contributed by atoms with van der Waals surface area (Å²) in [5.41, 5.74) is -0.0415. The van der Waals surface area contributed by atoms with Crippen molar-refractivity contribution in [3.05, 3.63) is 30.1 Å². The van der Waals surface area contributed by atoms with E-state index in [1.54, 1.807) is 24.3 Å². The maximum atomic E-state index is 10.6. The van der Waals surface area contributed by atoms with Gasteiger partial charge in [0.1, 0.15) is 11.4 Å². The molecule has 0 atom stereocenters. The summed E-state index contributed by atoms with van der Waals surface area (Å²) in [4.78, 5) is 4.41. The monoisotopic (exact) mass is 259 g/mol. The topological polar surface area (TPSA) is 82.0 Å². The first kappa shape index (κ1) is 12.2. The number of benzene rings is 1. The second kappa shape index (κ2) is 4.66. The fourth-order valence-electron chi connectivity index (χ4n) is 2.58. The molecule has 0 saturated heterocycles. The van der Waals surface area contributed by atoms with Crippen molar-refractivity contribution in [2.75, 3.05) is 0 Å². The molecule has 1 aromatic heterocycles. The summed E-state index contributed by atoms with van der Waals surface area (Å²) in [6, 6.07) is 6.71. The number of H-pyrrole nitrogens is 1.